The summed E-state index contributed by atoms with van der Waals surface area (Å²) >= 11 is 1.15. The average Bonchev–Trinajstić information content (AvgIpc) is 3.33. The molecule has 1 N–H and O–H groups in total. The number of esters is 2. The van der Waals surface area contributed by atoms with Crippen molar-refractivity contribution in [3.05, 3.63) is 62.8 Å². The van der Waals surface area contributed by atoms with Crippen LogP contribution in [0.5, 0.6) is 0 Å². The van der Waals surface area contributed by atoms with E-state index in [9.17, 15) is 24.5 Å². The van der Waals surface area contributed by atoms with Gasteiger partial charge in [-0.1, -0.05) is 30.3 Å². The summed E-state index contributed by atoms with van der Waals surface area (Å²) in [7, 11) is 0. The molecule has 3 aromatic rings. The highest BCUT2D eigenvalue weighted by Crippen LogP contribution is 2.36. The molecule has 3 rings (SSSR count). The van der Waals surface area contributed by atoms with Crippen LogP contribution in [0, 0.1) is 24.0 Å². The van der Waals surface area contributed by atoms with Crippen LogP contribution in [0.15, 0.2) is 35.7 Å². The summed E-state index contributed by atoms with van der Waals surface area (Å²) in [4.78, 5) is 47.7. The van der Waals surface area contributed by atoms with E-state index in [1.54, 1.807) is 12.3 Å². The maximum absolute atomic E-state index is 12.6. The first kappa shape index (κ1) is 24.6. The SMILES string of the molecule is CCOC(=O)c1c(-c2ccccc2)csc1NC(=O)COC(=O)Cn1nc(C)c([N+](=O)[O-])c1C. The van der Waals surface area contributed by atoms with Crippen molar-refractivity contribution in [2.24, 2.45) is 0 Å². The molecule has 0 bridgehead atoms. The fourth-order valence-electron chi connectivity index (χ4n) is 3.27. The predicted octanol–water partition coefficient (Wildman–Crippen LogP) is 3.50. The van der Waals surface area contributed by atoms with E-state index in [0.717, 1.165) is 21.6 Å². The lowest BCUT2D eigenvalue weighted by atomic mass is 10.0. The highest BCUT2D eigenvalue weighted by molar-refractivity contribution is 7.15. The second-order valence-corrected chi connectivity index (χ2v) is 7.96. The molecule has 0 aliphatic heterocycles. The highest BCUT2D eigenvalue weighted by atomic mass is 32.1. The highest BCUT2D eigenvalue weighted by Gasteiger charge is 2.25. The third-order valence-electron chi connectivity index (χ3n) is 4.78. The number of hydrogen-bond donors (Lipinski definition) is 1. The Morgan fingerprint density at radius 2 is 1.88 bits per heavy atom. The van der Waals surface area contributed by atoms with Gasteiger partial charge in [0.1, 0.15) is 28.5 Å². The van der Waals surface area contributed by atoms with Crippen LogP contribution < -0.4 is 5.32 Å². The third-order valence-corrected chi connectivity index (χ3v) is 5.67. The Morgan fingerprint density at radius 3 is 2.50 bits per heavy atom. The lowest BCUT2D eigenvalue weighted by molar-refractivity contribution is -0.386. The molecule has 1 aromatic carbocycles. The van der Waals surface area contributed by atoms with E-state index in [4.69, 9.17) is 9.47 Å². The van der Waals surface area contributed by atoms with Crippen LogP contribution in [0.25, 0.3) is 11.1 Å². The van der Waals surface area contributed by atoms with Crippen molar-refractivity contribution >= 4 is 39.9 Å². The van der Waals surface area contributed by atoms with E-state index in [1.807, 2.05) is 30.3 Å². The number of amides is 1. The lowest BCUT2D eigenvalue weighted by Gasteiger charge is -2.09. The van der Waals surface area contributed by atoms with E-state index in [0.29, 0.717) is 5.56 Å². The largest absolute Gasteiger partial charge is 0.462 e. The predicted molar refractivity (Wildman–Crippen MR) is 124 cm³/mol. The Hall–Kier alpha value is -4.06. The first-order valence-electron chi connectivity index (χ1n) is 10.2. The van der Waals surface area contributed by atoms with Gasteiger partial charge in [0.15, 0.2) is 6.61 Å². The Morgan fingerprint density at radius 1 is 1.18 bits per heavy atom. The summed E-state index contributed by atoms with van der Waals surface area (Å²) in [6.45, 7) is 3.78. The molecule has 12 heteroatoms. The number of rotatable bonds is 9. The molecule has 178 valence electrons. The molecule has 2 heterocycles. The van der Waals surface area contributed by atoms with Gasteiger partial charge in [0.2, 0.25) is 0 Å². The number of aromatic nitrogens is 2. The van der Waals surface area contributed by atoms with Gasteiger partial charge in [0.25, 0.3) is 5.91 Å². The molecule has 0 fully saturated rings. The van der Waals surface area contributed by atoms with Crippen molar-refractivity contribution < 1.29 is 28.8 Å². The van der Waals surface area contributed by atoms with Crippen molar-refractivity contribution in [3.63, 3.8) is 0 Å². The van der Waals surface area contributed by atoms with Gasteiger partial charge >= 0.3 is 17.6 Å². The topological polar surface area (TPSA) is 143 Å². The Kier molecular flexibility index (Phi) is 7.74. The first-order valence-corrected chi connectivity index (χ1v) is 11.1. The monoisotopic (exact) mass is 486 g/mol. The smallest absolute Gasteiger partial charge is 0.341 e. The number of ether oxygens (including phenoxy) is 2. The van der Waals surface area contributed by atoms with Crippen LogP contribution in [-0.2, 0) is 25.6 Å². The Labute approximate surface area is 198 Å². The molecule has 0 aliphatic carbocycles. The number of nitro groups is 1. The zero-order valence-corrected chi connectivity index (χ0v) is 19.5. The van der Waals surface area contributed by atoms with Crippen molar-refractivity contribution in [2.75, 3.05) is 18.5 Å². The van der Waals surface area contributed by atoms with Gasteiger partial charge in [-0.05, 0) is 26.3 Å². The number of thiophene rings is 1. The third kappa shape index (κ3) is 5.46. The maximum Gasteiger partial charge on any atom is 0.341 e. The number of nitrogens with zero attached hydrogens (tertiary/aromatic N) is 3. The van der Waals surface area contributed by atoms with Crippen molar-refractivity contribution in [3.8, 4) is 11.1 Å². The standard InChI is InChI=1S/C22H22N4O7S/c1-4-32-22(29)19-16(15-8-6-5-7-9-15)12-34-21(19)23-17(27)11-33-18(28)10-25-14(3)20(26(30)31)13(2)24-25/h5-9,12H,4,10-11H2,1-3H3,(H,23,27). The molecule has 0 saturated carbocycles. The maximum atomic E-state index is 12.6. The van der Waals surface area contributed by atoms with Gasteiger partial charge in [-0.25, -0.2) is 4.79 Å². The fraction of sp³-hybridized carbons (Fsp3) is 0.273. The molecule has 11 nitrogen and oxygen atoms in total. The van der Waals surface area contributed by atoms with Gasteiger partial charge in [-0.2, -0.15) is 5.10 Å². The van der Waals surface area contributed by atoms with Crippen LogP contribution in [0.1, 0.15) is 28.7 Å². The molecule has 0 atom stereocenters. The Bertz CT molecular complexity index is 1230. The molecule has 0 radical (unpaired) electrons. The summed E-state index contributed by atoms with van der Waals surface area (Å²) in [5, 5.41) is 19.7. The molecule has 0 saturated heterocycles. The quantitative estimate of drug-likeness (QED) is 0.275. The van der Waals surface area contributed by atoms with Crippen LogP contribution in [0.3, 0.4) is 0 Å². The van der Waals surface area contributed by atoms with Crippen LogP contribution in [0.2, 0.25) is 0 Å². The zero-order valence-electron chi connectivity index (χ0n) is 18.7. The van der Waals surface area contributed by atoms with Crippen molar-refractivity contribution in [2.45, 2.75) is 27.3 Å². The molecule has 0 spiro atoms. The van der Waals surface area contributed by atoms with Gasteiger partial charge < -0.3 is 14.8 Å². The molecule has 34 heavy (non-hydrogen) atoms. The summed E-state index contributed by atoms with van der Waals surface area (Å²) in [5.41, 5.74) is 1.81. The minimum absolute atomic E-state index is 0.165. The van der Waals surface area contributed by atoms with Crippen LogP contribution in [0.4, 0.5) is 10.7 Å². The lowest BCUT2D eigenvalue weighted by Crippen LogP contribution is -2.24. The normalized spacial score (nSPS) is 10.6. The van der Waals surface area contributed by atoms with E-state index < -0.39 is 29.4 Å². The summed E-state index contributed by atoms with van der Waals surface area (Å²) < 4.78 is 11.3. The van der Waals surface area contributed by atoms with Gasteiger partial charge in [-0.15, -0.1) is 11.3 Å². The molecular weight excluding hydrogens is 464 g/mol. The fourth-order valence-corrected chi connectivity index (χ4v) is 4.24. The summed E-state index contributed by atoms with van der Waals surface area (Å²) in [5.74, 6) is -2.03. The Balaban J connectivity index is 1.68. The number of carbonyl (C=O) groups excluding carboxylic acids is 3. The van der Waals surface area contributed by atoms with Crippen LogP contribution >= 0.6 is 11.3 Å². The molecule has 1 amide bonds. The zero-order chi connectivity index (χ0) is 24.8. The average molecular weight is 487 g/mol. The number of hydrogen-bond acceptors (Lipinski definition) is 9. The van der Waals surface area contributed by atoms with Gasteiger partial charge in [-0.3, -0.25) is 24.4 Å². The second-order valence-electron chi connectivity index (χ2n) is 7.08. The number of aryl methyl sites for hydroxylation is 1. The number of nitrogens with one attached hydrogen (secondary N) is 1. The van der Waals surface area contributed by atoms with Gasteiger partial charge in [0, 0.05) is 10.9 Å². The number of benzene rings is 1. The van der Waals surface area contributed by atoms with E-state index in [1.165, 1.54) is 13.8 Å². The van der Waals surface area contributed by atoms with E-state index in [-0.39, 0.29) is 40.8 Å². The molecular formula is C22H22N4O7S. The summed E-state index contributed by atoms with van der Waals surface area (Å²) in [6.07, 6.45) is 0. The first-order chi connectivity index (χ1) is 16.2. The van der Waals surface area contributed by atoms with Crippen LogP contribution in [-0.4, -0.2) is 45.8 Å². The molecule has 0 unspecified atom stereocenters. The second kappa shape index (κ2) is 10.7. The molecule has 2 aromatic heterocycles. The molecule has 0 aliphatic rings. The number of anilines is 1. The summed E-state index contributed by atoms with van der Waals surface area (Å²) in [6, 6.07) is 9.18. The number of carbonyl (C=O) groups is 3. The van der Waals surface area contributed by atoms with E-state index in [2.05, 4.69) is 10.4 Å². The van der Waals surface area contributed by atoms with Crippen molar-refractivity contribution in [1.82, 2.24) is 9.78 Å². The van der Waals surface area contributed by atoms with E-state index >= 15 is 0 Å². The van der Waals surface area contributed by atoms with Gasteiger partial charge in [0.05, 0.1) is 11.5 Å². The minimum atomic E-state index is -0.794. The van der Waals surface area contributed by atoms with Crippen molar-refractivity contribution in [1.29, 1.82) is 0 Å². The minimum Gasteiger partial charge on any atom is -0.462 e.